The predicted octanol–water partition coefficient (Wildman–Crippen LogP) is 0.0159. The molecule has 0 fully saturated rings. The van der Waals surface area contributed by atoms with E-state index in [1.165, 1.54) is 0 Å². The predicted molar refractivity (Wildman–Crippen MR) is 32.6 cm³/mol. The zero-order valence-electron chi connectivity index (χ0n) is 5.07. The van der Waals surface area contributed by atoms with Crippen LogP contribution in [0.4, 0.5) is 0 Å². The van der Waals surface area contributed by atoms with Gasteiger partial charge in [0.15, 0.2) is 5.92 Å². The third-order valence-corrected chi connectivity index (χ3v) is 0.823. The van der Waals surface area contributed by atoms with Crippen LogP contribution >= 0.6 is 0 Å². The first-order chi connectivity index (χ1) is 4.76. The molecule has 0 aliphatic carbocycles. The second-order valence-corrected chi connectivity index (χ2v) is 1.46. The Labute approximate surface area is 58.4 Å². The van der Waals surface area contributed by atoms with E-state index in [2.05, 4.69) is 0 Å². The highest BCUT2D eigenvalue weighted by Gasteiger charge is 2.06. The monoisotopic (exact) mass is 132 g/mol. The highest BCUT2D eigenvalue weighted by molar-refractivity contribution is 5.24. The molecule has 0 aromatic rings. The van der Waals surface area contributed by atoms with E-state index in [9.17, 15) is 0 Å². The normalized spacial score (nSPS) is 9.60. The molecule has 0 bridgehead atoms. The maximum atomic E-state index is 8.22. The molecule has 48 valence electrons. The number of nitriles is 3. The zero-order valence-corrected chi connectivity index (χ0v) is 5.07. The van der Waals surface area contributed by atoms with Gasteiger partial charge in [0.05, 0.1) is 23.9 Å². The van der Waals surface area contributed by atoms with Gasteiger partial charge < -0.3 is 5.73 Å². The second-order valence-electron chi connectivity index (χ2n) is 1.46. The summed E-state index contributed by atoms with van der Waals surface area (Å²) in [5.41, 5.74) is 5.14. The average Bonchev–Trinajstić information content (AvgIpc) is 1.91. The molecule has 0 aromatic heterocycles. The van der Waals surface area contributed by atoms with Gasteiger partial charge in [0.1, 0.15) is 0 Å². The van der Waals surface area contributed by atoms with Crippen LogP contribution in [-0.2, 0) is 0 Å². The van der Waals surface area contributed by atoms with Gasteiger partial charge in [0.25, 0.3) is 0 Å². The van der Waals surface area contributed by atoms with Crippen molar-refractivity contribution in [2.75, 3.05) is 0 Å². The van der Waals surface area contributed by atoms with Gasteiger partial charge in [-0.15, -0.1) is 0 Å². The lowest BCUT2D eigenvalue weighted by Crippen LogP contribution is -2.07. The molecule has 0 radical (unpaired) electrons. The summed E-state index contributed by atoms with van der Waals surface area (Å²) in [4.78, 5) is 0. The van der Waals surface area contributed by atoms with Crippen LogP contribution in [0.3, 0.4) is 0 Å². The standard InChI is InChI=1S/C6H4N4/c7-2-1-6(10)5(3-8)4-9/h1,5H,10H2. The zero-order chi connectivity index (χ0) is 7.98. The Kier molecular flexibility index (Phi) is 3.16. The summed E-state index contributed by atoms with van der Waals surface area (Å²) in [6.07, 6.45) is 0.983. The molecule has 0 aliphatic heterocycles. The van der Waals surface area contributed by atoms with Crippen molar-refractivity contribution < 1.29 is 0 Å². The molecule has 4 heteroatoms. The van der Waals surface area contributed by atoms with Gasteiger partial charge in [-0.3, -0.25) is 0 Å². The van der Waals surface area contributed by atoms with Crippen LogP contribution in [0.1, 0.15) is 0 Å². The van der Waals surface area contributed by atoms with Gasteiger partial charge in [-0.25, -0.2) is 0 Å². The second kappa shape index (κ2) is 3.95. The van der Waals surface area contributed by atoms with E-state index in [-0.39, 0.29) is 5.70 Å². The van der Waals surface area contributed by atoms with E-state index in [1.54, 1.807) is 18.2 Å². The van der Waals surface area contributed by atoms with E-state index in [4.69, 9.17) is 21.5 Å². The maximum absolute atomic E-state index is 8.22. The maximum Gasteiger partial charge on any atom is 0.173 e. The number of rotatable bonds is 1. The molecule has 0 aromatic carbocycles. The van der Waals surface area contributed by atoms with Gasteiger partial charge in [-0.1, -0.05) is 0 Å². The fourth-order valence-corrected chi connectivity index (χ4v) is 0.336. The summed E-state index contributed by atoms with van der Waals surface area (Å²) >= 11 is 0. The smallest absolute Gasteiger partial charge is 0.173 e. The third-order valence-electron chi connectivity index (χ3n) is 0.823. The summed E-state index contributed by atoms with van der Waals surface area (Å²) in [5.74, 6) is -1.00. The van der Waals surface area contributed by atoms with Crippen molar-refractivity contribution in [1.82, 2.24) is 0 Å². The molecule has 0 atom stereocenters. The van der Waals surface area contributed by atoms with Crippen LogP contribution in [0.15, 0.2) is 11.8 Å². The Hall–Kier alpha value is -1.99. The summed E-state index contributed by atoms with van der Waals surface area (Å²) in [7, 11) is 0. The van der Waals surface area contributed by atoms with E-state index < -0.39 is 5.92 Å². The molecule has 0 saturated carbocycles. The summed E-state index contributed by atoms with van der Waals surface area (Å²) in [6.45, 7) is 0. The highest BCUT2D eigenvalue weighted by atomic mass is 14.6. The first kappa shape index (κ1) is 8.01. The quantitative estimate of drug-likeness (QED) is 0.508. The van der Waals surface area contributed by atoms with Crippen LogP contribution < -0.4 is 5.73 Å². The molecule has 0 amide bonds. The number of allylic oxidation sites excluding steroid dienone is 2. The first-order valence-electron chi connectivity index (χ1n) is 2.40. The van der Waals surface area contributed by atoms with Crippen molar-refractivity contribution in [2.24, 2.45) is 11.7 Å². The molecular weight excluding hydrogens is 128 g/mol. The van der Waals surface area contributed by atoms with E-state index in [0.717, 1.165) is 6.08 Å². The minimum atomic E-state index is -1.00. The topological polar surface area (TPSA) is 97.4 Å². The molecule has 10 heavy (non-hydrogen) atoms. The minimum absolute atomic E-state index is 0.00694. The lowest BCUT2D eigenvalue weighted by atomic mass is 10.1. The molecule has 0 spiro atoms. The fourth-order valence-electron chi connectivity index (χ4n) is 0.336. The molecule has 0 saturated heterocycles. The van der Waals surface area contributed by atoms with Gasteiger partial charge in [0, 0.05) is 6.08 Å². The molecule has 2 N–H and O–H groups in total. The largest absolute Gasteiger partial charge is 0.400 e. The minimum Gasteiger partial charge on any atom is -0.400 e. The number of nitrogens with two attached hydrogens (primary N) is 1. The van der Waals surface area contributed by atoms with Crippen molar-refractivity contribution in [3.8, 4) is 18.2 Å². The van der Waals surface area contributed by atoms with Crippen molar-refractivity contribution in [3.63, 3.8) is 0 Å². The Bertz CT molecular complexity index is 243. The molecule has 0 unspecified atom stereocenters. The first-order valence-corrected chi connectivity index (χ1v) is 2.40. The van der Waals surface area contributed by atoms with Crippen LogP contribution in [0.25, 0.3) is 0 Å². The fraction of sp³-hybridized carbons (Fsp3) is 0.167. The Balaban J connectivity index is 4.42. The molecule has 0 rings (SSSR count). The summed E-state index contributed by atoms with van der Waals surface area (Å²) in [5, 5.41) is 24.5. The SMILES string of the molecule is N#CC=C(N)C(C#N)C#N. The average molecular weight is 132 g/mol. The molecule has 0 heterocycles. The highest BCUT2D eigenvalue weighted by Crippen LogP contribution is 2.00. The third kappa shape index (κ3) is 1.86. The molecular formula is C6H4N4. The molecule has 0 aliphatic rings. The van der Waals surface area contributed by atoms with Gasteiger partial charge >= 0.3 is 0 Å². The van der Waals surface area contributed by atoms with E-state index in [1.807, 2.05) is 0 Å². The Morgan fingerprint density at radius 2 is 1.80 bits per heavy atom. The van der Waals surface area contributed by atoms with Crippen molar-refractivity contribution >= 4 is 0 Å². The van der Waals surface area contributed by atoms with Crippen LogP contribution in [0, 0.1) is 39.9 Å². The van der Waals surface area contributed by atoms with Crippen molar-refractivity contribution in [2.45, 2.75) is 0 Å². The summed E-state index contributed by atoms with van der Waals surface area (Å²) in [6, 6.07) is 4.89. The van der Waals surface area contributed by atoms with Crippen molar-refractivity contribution in [3.05, 3.63) is 11.8 Å². The number of hydrogen-bond acceptors (Lipinski definition) is 4. The van der Waals surface area contributed by atoms with Crippen LogP contribution in [0.2, 0.25) is 0 Å². The van der Waals surface area contributed by atoms with Gasteiger partial charge in [-0.05, 0) is 0 Å². The Morgan fingerprint density at radius 3 is 2.10 bits per heavy atom. The van der Waals surface area contributed by atoms with Crippen LogP contribution in [-0.4, -0.2) is 0 Å². The van der Waals surface area contributed by atoms with Gasteiger partial charge in [0.2, 0.25) is 0 Å². The number of hydrogen-bond donors (Lipinski definition) is 1. The Morgan fingerprint density at radius 1 is 1.30 bits per heavy atom. The summed E-state index contributed by atoms with van der Waals surface area (Å²) < 4.78 is 0. The van der Waals surface area contributed by atoms with Crippen molar-refractivity contribution in [1.29, 1.82) is 15.8 Å². The van der Waals surface area contributed by atoms with E-state index in [0.29, 0.717) is 0 Å². The number of nitrogens with zero attached hydrogens (tertiary/aromatic N) is 3. The van der Waals surface area contributed by atoms with Crippen LogP contribution in [0.5, 0.6) is 0 Å². The molecule has 4 nitrogen and oxygen atoms in total. The van der Waals surface area contributed by atoms with Gasteiger partial charge in [-0.2, -0.15) is 15.8 Å². The van der Waals surface area contributed by atoms with E-state index >= 15 is 0 Å². The lowest BCUT2D eigenvalue weighted by Gasteiger charge is -1.93. The lowest BCUT2D eigenvalue weighted by molar-refractivity contribution is 0.973.